The second kappa shape index (κ2) is 8.84. The van der Waals surface area contributed by atoms with Gasteiger partial charge in [0, 0.05) is 23.5 Å². The minimum absolute atomic E-state index is 0.0202. The molecule has 0 saturated heterocycles. The number of esters is 2. The molecule has 9 heteroatoms. The van der Waals surface area contributed by atoms with Gasteiger partial charge in [-0.3, -0.25) is 9.59 Å². The number of aromatic nitrogens is 1. The number of benzene rings is 1. The number of anilines is 1. The SMILES string of the molecule is CCOC(=O)C(Cc1c[nH]c2cccc(NC=O)c12)(NC=O)C(=O)OCC. The fraction of sp³-hybridized carbons (Fsp3) is 0.333. The molecule has 0 atom stereocenters. The van der Waals surface area contributed by atoms with Crippen LogP contribution in [-0.4, -0.2) is 48.5 Å². The minimum Gasteiger partial charge on any atom is -0.464 e. The largest absolute Gasteiger partial charge is 0.464 e. The molecule has 144 valence electrons. The first-order valence-electron chi connectivity index (χ1n) is 8.39. The van der Waals surface area contributed by atoms with E-state index in [0.717, 1.165) is 0 Å². The number of aromatic amines is 1. The number of hydrogen-bond acceptors (Lipinski definition) is 6. The molecule has 1 aromatic carbocycles. The van der Waals surface area contributed by atoms with E-state index in [2.05, 4.69) is 15.6 Å². The maximum absolute atomic E-state index is 12.6. The van der Waals surface area contributed by atoms with Crippen molar-refractivity contribution < 1.29 is 28.7 Å². The van der Waals surface area contributed by atoms with Crippen LogP contribution in [0.25, 0.3) is 10.9 Å². The monoisotopic (exact) mass is 375 g/mol. The molecule has 0 saturated carbocycles. The molecular formula is C18H21N3O6. The van der Waals surface area contributed by atoms with Crippen LogP contribution >= 0.6 is 0 Å². The Labute approximate surface area is 155 Å². The lowest BCUT2D eigenvalue weighted by molar-refractivity contribution is -0.167. The number of carbonyl (C=O) groups excluding carboxylic acids is 4. The third-order valence-corrected chi connectivity index (χ3v) is 4.01. The van der Waals surface area contributed by atoms with Crippen molar-refractivity contribution >= 4 is 41.3 Å². The van der Waals surface area contributed by atoms with Gasteiger partial charge < -0.3 is 25.1 Å². The smallest absolute Gasteiger partial charge is 0.344 e. The van der Waals surface area contributed by atoms with Crippen LogP contribution in [0, 0.1) is 0 Å². The van der Waals surface area contributed by atoms with Gasteiger partial charge in [0.1, 0.15) is 0 Å². The van der Waals surface area contributed by atoms with Gasteiger partial charge in [-0.05, 0) is 31.5 Å². The zero-order valence-corrected chi connectivity index (χ0v) is 15.0. The van der Waals surface area contributed by atoms with E-state index in [1.165, 1.54) is 0 Å². The highest BCUT2D eigenvalue weighted by Gasteiger charge is 2.49. The van der Waals surface area contributed by atoms with E-state index in [4.69, 9.17) is 9.47 Å². The van der Waals surface area contributed by atoms with Crippen LogP contribution in [0.2, 0.25) is 0 Å². The molecule has 27 heavy (non-hydrogen) atoms. The van der Waals surface area contributed by atoms with Crippen molar-refractivity contribution in [2.45, 2.75) is 25.8 Å². The molecule has 0 radical (unpaired) electrons. The van der Waals surface area contributed by atoms with Crippen molar-refractivity contribution in [3.8, 4) is 0 Å². The standard InChI is InChI=1S/C18H21N3O6/c1-3-26-16(24)18(21-11-23,17(25)27-4-2)8-12-9-19-13-6-5-7-14(15(12)13)20-10-22/h5-7,9-11,19H,3-4,8H2,1-2H3,(H,20,22)(H,21,23). The quantitative estimate of drug-likeness (QED) is 0.322. The lowest BCUT2D eigenvalue weighted by atomic mass is 9.90. The fourth-order valence-electron chi connectivity index (χ4n) is 2.87. The third-order valence-electron chi connectivity index (χ3n) is 4.01. The van der Waals surface area contributed by atoms with Gasteiger partial charge in [0.15, 0.2) is 0 Å². The molecule has 0 unspecified atom stereocenters. The van der Waals surface area contributed by atoms with Crippen LogP contribution in [-0.2, 0) is 35.1 Å². The third kappa shape index (κ3) is 3.91. The molecule has 0 fully saturated rings. The molecule has 1 heterocycles. The van der Waals surface area contributed by atoms with Crippen molar-refractivity contribution in [2.24, 2.45) is 0 Å². The van der Waals surface area contributed by atoms with Crippen LogP contribution in [0.1, 0.15) is 19.4 Å². The number of fused-ring (bicyclic) bond motifs is 1. The number of amides is 2. The van der Waals surface area contributed by atoms with Crippen LogP contribution in [0.3, 0.4) is 0 Å². The second-order valence-corrected chi connectivity index (χ2v) is 5.59. The number of rotatable bonds is 10. The van der Waals surface area contributed by atoms with Crippen molar-refractivity contribution in [2.75, 3.05) is 18.5 Å². The first-order chi connectivity index (χ1) is 13.0. The lowest BCUT2D eigenvalue weighted by Crippen LogP contribution is -2.60. The summed E-state index contributed by atoms with van der Waals surface area (Å²) in [6.07, 6.45) is 2.16. The molecule has 9 nitrogen and oxygen atoms in total. The van der Waals surface area contributed by atoms with Gasteiger partial charge in [0.2, 0.25) is 18.4 Å². The Balaban J connectivity index is 2.59. The Hall–Kier alpha value is -3.36. The summed E-state index contributed by atoms with van der Waals surface area (Å²) in [5.74, 6) is -1.85. The summed E-state index contributed by atoms with van der Waals surface area (Å²) in [6.45, 7) is 3.22. The van der Waals surface area contributed by atoms with Crippen LogP contribution in [0.4, 0.5) is 5.69 Å². The van der Waals surface area contributed by atoms with Gasteiger partial charge in [-0.15, -0.1) is 0 Å². The average Bonchev–Trinajstić information content (AvgIpc) is 3.05. The van der Waals surface area contributed by atoms with Gasteiger partial charge in [-0.2, -0.15) is 0 Å². The molecule has 0 aliphatic rings. The molecule has 2 amide bonds. The average molecular weight is 375 g/mol. The molecule has 0 bridgehead atoms. The second-order valence-electron chi connectivity index (χ2n) is 5.59. The molecule has 2 rings (SSSR count). The zero-order chi connectivity index (χ0) is 19.9. The van der Waals surface area contributed by atoms with E-state index in [-0.39, 0.29) is 26.0 Å². The minimum atomic E-state index is -2.04. The summed E-state index contributed by atoms with van der Waals surface area (Å²) in [5.41, 5.74) is -0.349. The van der Waals surface area contributed by atoms with Crippen molar-refractivity contribution in [1.29, 1.82) is 0 Å². The predicted molar refractivity (Wildman–Crippen MR) is 96.9 cm³/mol. The van der Waals surface area contributed by atoms with Crippen molar-refractivity contribution in [1.82, 2.24) is 10.3 Å². The summed E-state index contributed by atoms with van der Waals surface area (Å²) in [4.78, 5) is 50.4. The van der Waals surface area contributed by atoms with Gasteiger partial charge in [-0.1, -0.05) is 6.07 Å². The van der Waals surface area contributed by atoms with Crippen LogP contribution < -0.4 is 10.6 Å². The summed E-state index contributed by atoms with van der Waals surface area (Å²) in [7, 11) is 0. The van der Waals surface area contributed by atoms with E-state index in [1.807, 2.05) is 0 Å². The van der Waals surface area contributed by atoms with Crippen LogP contribution in [0.15, 0.2) is 24.4 Å². The van der Waals surface area contributed by atoms with E-state index in [0.29, 0.717) is 28.6 Å². The summed E-state index contributed by atoms with van der Waals surface area (Å²) in [5, 5.41) is 5.47. The van der Waals surface area contributed by atoms with E-state index in [9.17, 15) is 19.2 Å². The fourth-order valence-corrected chi connectivity index (χ4v) is 2.87. The van der Waals surface area contributed by atoms with Crippen LogP contribution in [0.5, 0.6) is 0 Å². The molecule has 0 aliphatic heterocycles. The normalized spacial score (nSPS) is 10.9. The Morgan fingerprint density at radius 1 is 1.11 bits per heavy atom. The Morgan fingerprint density at radius 2 is 1.78 bits per heavy atom. The highest BCUT2D eigenvalue weighted by Crippen LogP contribution is 2.30. The van der Waals surface area contributed by atoms with Crippen molar-refractivity contribution in [3.05, 3.63) is 30.0 Å². The summed E-state index contributed by atoms with van der Waals surface area (Å²) >= 11 is 0. The highest BCUT2D eigenvalue weighted by molar-refractivity contribution is 6.08. The molecule has 2 aromatic rings. The molecule has 3 N–H and O–H groups in total. The van der Waals surface area contributed by atoms with E-state index < -0.39 is 17.5 Å². The number of hydrogen-bond donors (Lipinski definition) is 3. The summed E-state index contributed by atoms with van der Waals surface area (Å²) in [6, 6.07) is 5.19. The number of H-pyrrole nitrogens is 1. The molecular weight excluding hydrogens is 354 g/mol. The van der Waals surface area contributed by atoms with E-state index in [1.54, 1.807) is 38.2 Å². The Kier molecular flexibility index (Phi) is 6.53. The topological polar surface area (TPSA) is 127 Å². The van der Waals surface area contributed by atoms with Gasteiger partial charge in [0.05, 0.1) is 18.9 Å². The van der Waals surface area contributed by atoms with Gasteiger partial charge >= 0.3 is 11.9 Å². The number of nitrogens with one attached hydrogen (secondary N) is 3. The molecule has 1 aromatic heterocycles. The van der Waals surface area contributed by atoms with Gasteiger partial charge in [-0.25, -0.2) is 9.59 Å². The predicted octanol–water partition coefficient (Wildman–Crippen LogP) is 0.890. The Bertz CT molecular complexity index is 827. The number of carbonyl (C=O) groups is 4. The summed E-state index contributed by atoms with van der Waals surface area (Å²) < 4.78 is 10.0. The molecule has 0 aliphatic carbocycles. The first-order valence-corrected chi connectivity index (χ1v) is 8.39. The number of ether oxygens (including phenoxy) is 2. The van der Waals surface area contributed by atoms with Crippen molar-refractivity contribution in [3.63, 3.8) is 0 Å². The highest BCUT2D eigenvalue weighted by atomic mass is 16.6. The van der Waals surface area contributed by atoms with Gasteiger partial charge in [0.25, 0.3) is 0 Å². The lowest BCUT2D eigenvalue weighted by Gasteiger charge is -2.28. The van der Waals surface area contributed by atoms with E-state index >= 15 is 0 Å². The Morgan fingerprint density at radius 3 is 2.33 bits per heavy atom. The maximum Gasteiger partial charge on any atom is 0.344 e. The zero-order valence-electron chi connectivity index (χ0n) is 15.0. The molecule has 0 spiro atoms. The first kappa shape index (κ1) is 20.0. The maximum atomic E-state index is 12.6.